The van der Waals surface area contributed by atoms with Crippen molar-refractivity contribution in [2.24, 2.45) is 0 Å². The van der Waals surface area contributed by atoms with Crippen LogP contribution in [0.25, 0.3) is 0 Å². The molecule has 1 saturated heterocycles. The highest BCUT2D eigenvalue weighted by Crippen LogP contribution is 2.24. The van der Waals surface area contributed by atoms with Crippen LogP contribution in [0.5, 0.6) is 0 Å². The molecule has 0 saturated carbocycles. The van der Waals surface area contributed by atoms with Gasteiger partial charge in [-0.2, -0.15) is 0 Å². The largest absolute Gasteiger partial charge is 0.349 e. The van der Waals surface area contributed by atoms with Gasteiger partial charge in [0.15, 0.2) is 0 Å². The first-order chi connectivity index (χ1) is 10.7. The molecule has 1 fully saturated rings. The van der Waals surface area contributed by atoms with Gasteiger partial charge in [0, 0.05) is 13.1 Å². The number of nitrogens with zero attached hydrogens (tertiary/aromatic N) is 2. The van der Waals surface area contributed by atoms with Crippen molar-refractivity contribution in [2.75, 3.05) is 37.7 Å². The van der Waals surface area contributed by atoms with Crippen LogP contribution in [0.3, 0.4) is 0 Å². The maximum absolute atomic E-state index is 12.5. The molecule has 23 heavy (non-hydrogen) atoms. The average Bonchev–Trinajstić information content (AvgIpc) is 2.48. The fraction of sp³-hybridized carbons (Fsp3) is 0.533. The Balaban J connectivity index is 2.16. The molecule has 0 aromatic heterocycles. The number of nitrogens with one attached hydrogen (secondary N) is 1. The second-order valence-corrected chi connectivity index (χ2v) is 8.37. The third-order valence-electron chi connectivity index (χ3n) is 4.11. The summed E-state index contributed by atoms with van der Waals surface area (Å²) in [7, 11) is 0.105. The molecule has 1 amide bonds. The summed E-state index contributed by atoms with van der Waals surface area (Å²) in [5, 5.41) is 3.29. The number of amides is 1. The number of hydrogen-bond donors (Lipinski definition) is 1. The molecular formula is C15H22ClN3O3S. The first-order valence-corrected chi connectivity index (χ1v) is 9.64. The molecule has 1 aliphatic heterocycles. The van der Waals surface area contributed by atoms with Crippen LogP contribution in [0.4, 0.5) is 5.69 Å². The molecule has 0 aliphatic carbocycles. The molecule has 1 aromatic carbocycles. The fourth-order valence-electron chi connectivity index (χ4n) is 2.49. The van der Waals surface area contributed by atoms with Gasteiger partial charge >= 0.3 is 0 Å². The first kappa shape index (κ1) is 18.0. The minimum Gasteiger partial charge on any atom is -0.349 e. The van der Waals surface area contributed by atoms with E-state index in [2.05, 4.69) is 17.3 Å². The molecule has 8 heteroatoms. The van der Waals surface area contributed by atoms with Crippen molar-refractivity contribution in [1.82, 2.24) is 10.2 Å². The van der Waals surface area contributed by atoms with E-state index in [9.17, 15) is 13.2 Å². The monoisotopic (exact) mass is 359 g/mol. The van der Waals surface area contributed by atoms with Gasteiger partial charge in [0.2, 0.25) is 10.0 Å². The quantitative estimate of drug-likeness (QED) is 0.885. The number of carbonyl (C=O) groups excluding carboxylic acids is 1. The number of anilines is 1. The van der Waals surface area contributed by atoms with Crippen molar-refractivity contribution in [1.29, 1.82) is 0 Å². The lowest BCUT2D eigenvalue weighted by Gasteiger charge is -2.29. The molecule has 0 unspecified atom stereocenters. The lowest BCUT2D eigenvalue weighted by atomic mass is 10.0. The Hall–Kier alpha value is -1.31. The highest BCUT2D eigenvalue weighted by atomic mass is 35.5. The molecule has 6 nitrogen and oxygen atoms in total. The highest BCUT2D eigenvalue weighted by Gasteiger charge is 2.21. The Labute approximate surface area is 142 Å². The summed E-state index contributed by atoms with van der Waals surface area (Å²) in [6, 6.07) is 4.75. The van der Waals surface area contributed by atoms with E-state index >= 15 is 0 Å². The van der Waals surface area contributed by atoms with E-state index in [1.54, 1.807) is 12.1 Å². The summed E-state index contributed by atoms with van der Waals surface area (Å²) in [6.45, 7) is 1.88. The lowest BCUT2D eigenvalue weighted by Crippen LogP contribution is -2.43. The first-order valence-electron chi connectivity index (χ1n) is 7.41. The van der Waals surface area contributed by atoms with Crippen LogP contribution in [0.15, 0.2) is 18.2 Å². The van der Waals surface area contributed by atoms with Crippen molar-refractivity contribution in [3.63, 3.8) is 0 Å². The number of carbonyl (C=O) groups is 1. The van der Waals surface area contributed by atoms with Crippen molar-refractivity contribution in [3.05, 3.63) is 28.8 Å². The van der Waals surface area contributed by atoms with Gasteiger partial charge in [0.05, 0.1) is 22.5 Å². The predicted molar refractivity (Wildman–Crippen MR) is 92.7 cm³/mol. The zero-order chi connectivity index (χ0) is 17.2. The smallest absolute Gasteiger partial charge is 0.253 e. The Morgan fingerprint density at radius 2 is 1.96 bits per heavy atom. The van der Waals surface area contributed by atoms with E-state index in [-0.39, 0.29) is 11.9 Å². The molecule has 1 aliphatic rings. The Morgan fingerprint density at radius 3 is 2.52 bits per heavy atom. The topological polar surface area (TPSA) is 69.7 Å². The standard InChI is InChI=1S/C15H22ClN3O3S/c1-18-8-6-11(7-9-18)17-15(20)13-10-12(4-5-14(13)16)19(2)23(3,21)22/h4-5,10-11H,6-9H2,1-3H3,(H,17,20). The van der Waals surface area contributed by atoms with Gasteiger partial charge in [0.1, 0.15) is 0 Å². The van der Waals surface area contributed by atoms with Crippen molar-refractivity contribution < 1.29 is 13.2 Å². The summed E-state index contributed by atoms with van der Waals surface area (Å²) >= 11 is 6.11. The number of halogens is 1. The van der Waals surface area contributed by atoms with Gasteiger partial charge in [-0.3, -0.25) is 9.10 Å². The van der Waals surface area contributed by atoms with E-state index < -0.39 is 10.0 Å². The molecule has 2 rings (SSSR count). The molecule has 128 valence electrons. The van der Waals surface area contributed by atoms with Gasteiger partial charge < -0.3 is 10.2 Å². The lowest BCUT2D eigenvalue weighted by molar-refractivity contribution is 0.0917. The Kier molecular flexibility index (Phi) is 5.54. The van der Waals surface area contributed by atoms with E-state index in [4.69, 9.17) is 11.6 Å². The molecule has 0 atom stereocenters. The molecule has 1 aromatic rings. The molecule has 1 heterocycles. The van der Waals surface area contributed by atoms with E-state index in [0.717, 1.165) is 36.5 Å². The predicted octanol–water partition coefficient (Wildman–Crippen LogP) is 1.56. The molecule has 0 radical (unpaired) electrons. The van der Waals surface area contributed by atoms with Crippen LogP contribution >= 0.6 is 11.6 Å². The normalized spacial score (nSPS) is 17.0. The number of benzene rings is 1. The third kappa shape index (κ3) is 4.59. The van der Waals surface area contributed by atoms with E-state index in [0.29, 0.717) is 16.3 Å². The van der Waals surface area contributed by atoms with Crippen LogP contribution in [-0.2, 0) is 10.0 Å². The zero-order valence-electron chi connectivity index (χ0n) is 13.5. The summed E-state index contributed by atoms with van der Waals surface area (Å²) in [6.07, 6.45) is 2.89. The maximum atomic E-state index is 12.5. The average molecular weight is 360 g/mol. The molecular weight excluding hydrogens is 338 g/mol. The SMILES string of the molecule is CN1CCC(NC(=O)c2cc(N(C)S(C)(=O)=O)ccc2Cl)CC1. The zero-order valence-corrected chi connectivity index (χ0v) is 15.1. The minimum absolute atomic E-state index is 0.117. The van der Waals surface area contributed by atoms with E-state index in [1.807, 2.05) is 0 Å². The third-order valence-corrected chi connectivity index (χ3v) is 5.64. The van der Waals surface area contributed by atoms with Crippen molar-refractivity contribution >= 4 is 33.2 Å². The molecule has 0 spiro atoms. The number of piperidine rings is 1. The minimum atomic E-state index is -3.39. The van der Waals surface area contributed by atoms with Gasteiger partial charge in [-0.05, 0) is 51.2 Å². The van der Waals surface area contributed by atoms with Crippen LogP contribution in [0.1, 0.15) is 23.2 Å². The van der Waals surface area contributed by atoms with Gasteiger partial charge in [-0.1, -0.05) is 11.6 Å². The second-order valence-electron chi connectivity index (χ2n) is 5.95. The number of likely N-dealkylation sites (tertiary alicyclic amines) is 1. The van der Waals surface area contributed by atoms with Gasteiger partial charge in [0.25, 0.3) is 5.91 Å². The highest BCUT2D eigenvalue weighted by molar-refractivity contribution is 7.92. The van der Waals surface area contributed by atoms with Crippen molar-refractivity contribution in [2.45, 2.75) is 18.9 Å². The van der Waals surface area contributed by atoms with Gasteiger partial charge in [-0.15, -0.1) is 0 Å². The number of sulfonamides is 1. The number of hydrogen-bond acceptors (Lipinski definition) is 4. The summed E-state index contributed by atoms with van der Waals surface area (Å²) in [5.41, 5.74) is 0.698. The summed E-state index contributed by atoms with van der Waals surface area (Å²) < 4.78 is 24.4. The van der Waals surface area contributed by atoms with Crippen LogP contribution in [0.2, 0.25) is 5.02 Å². The maximum Gasteiger partial charge on any atom is 0.253 e. The van der Waals surface area contributed by atoms with Crippen LogP contribution in [0, 0.1) is 0 Å². The van der Waals surface area contributed by atoms with Gasteiger partial charge in [-0.25, -0.2) is 8.42 Å². The van der Waals surface area contributed by atoms with Crippen LogP contribution < -0.4 is 9.62 Å². The molecule has 1 N–H and O–H groups in total. The fourth-order valence-corrected chi connectivity index (χ4v) is 3.19. The Morgan fingerprint density at radius 1 is 1.35 bits per heavy atom. The van der Waals surface area contributed by atoms with Crippen LogP contribution in [-0.4, -0.2) is 58.7 Å². The second kappa shape index (κ2) is 7.07. The Bertz CT molecular complexity index is 685. The number of rotatable bonds is 4. The summed E-state index contributed by atoms with van der Waals surface area (Å²) in [5.74, 6) is -0.270. The van der Waals surface area contributed by atoms with E-state index in [1.165, 1.54) is 13.1 Å². The van der Waals surface area contributed by atoms with Crippen molar-refractivity contribution in [3.8, 4) is 0 Å². The summed E-state index contributed by atoms with van der Waals surface area (Å²) in [4.78, 5) is 14.7. The molecule has 0 bridgehead atoms.